The first-order valence-corrected chi connectivity index (χ1v) is 15.4. The highest BCUT2D eigenvalue weighted by molar-refractivity contribution is 6.16. The van der Waals surface area contributed by atoms with E-state index >= 15 is 0 Å². The Labute approximate surface area is 273 Å². The van der Waals surface area contributed by atoms with Crippen molar-refractivity contribution in [3.8, 4) is 45.8 Å². The third-order valence-corrected chi connectivity index (χ3v) is 8.91. The van der Waals surface area contributed by atoms with Crippen LogP contribution in [-0.2, 0) is 0 Å². The summed E-state index contributed by atoms with van der Waals surface area (Å²) in [5.74, 6) is 0. The molecule has 0 N–H and O–H groups in total. The maximum absolute atomic E-state index is 10.4. The molecule has 48 heavy (non-hydrogen) atoms. The minimum Gasteiger partial charge on any atom is -0.211 e. The third-order valence-electron chi connectivity index (χ3n) is 8.91. The first-order chi connectivity index (χ1) is 23.8. The van der Waals surface area contributed by atoms with E-state index in [-0.39, 0.29) is 0 Å². The number of fused-ring (bicyclic) bond motifs is 4. The number of benzene rings is 7. The van der Waals surface area contributed by atoms with Gasteiger partial charge in [-0.2, -0.15) is 10.5 Å². The number of rotatable bonds is 4. The molecule has 0 unspecified atom stereocenters. The van der Waals surface area contributed by atoms with Gasteiger partial charge in [0.05, 0.1) is 22.5 Å². The van der Waals surface area contributed by atoms with Gasteiger partial charge in [-0.3, -0.25) is 0 Å². The molecule has 2 aromatic heterocycles. The highest BCUT2D eigenvalue weighted by atomic mass is 15.4. The van der Waals surface area contributed by atoms with Gasteiger partial charge in [0, 0.05) is 21.9 Å². The van der Waals surface area contributed by atoms with E-state index in [1.807, 2.05) is 109 Å². The molecule has 0 aliphatic rings. The second-order valence-corrected chi connectivity index (χ2v) is 11.5. The van der Waals surface area contributed by atoms with Crippen LogP contribution in [0.25, 0.3) is 77.2 Å². The molecule has 222 valence electrons. The highest BCUT2D eigenvalue weighted by Crippen LogP contribution is 2.42. The molecule has 0 bridgehead atoms. The van der Waals surface area contributed by atoms with Gasteiger partial charge in [-0.05, 0) is 46.2 Å². The van der Waals surface area contributed by atoms with E-state index in [1.54, 1.807) is 9.36 Å². The van der Waals surface area contributed by atoms with E-state index in [0.717, 1.165) is 55.2 Å². The molecule has 8 nitrogen and oxygen atoms in total. The summed E-state index contributed by atoms with van der Waals surface area (Å²) in [5.41, 5.74) is 9.03. The molecule has 0 spiro atoms. The molecule has 8 heteroatoms. The average Bonchev–Trinajstić information content (AvgIpc) is 3.79. The first-order valence-electron chi connectivity index (χ1n) is 15.4. The Hall–Kier alpha value is -7.16. The number of nitrogens with zero attached hydrogens (tertiary/aromatic N) is 8. The summed E-state index contributed by atoms with van der Waals surface area (Å²) in [4.78, 5) is 0. The van der Waals surface area contributed by atoms with E-state index in [0.29, 0.717) is 33.2 Å². The van der Waals surface area contributed by atoms with E-state index in [1.165, 1.54) is 0 Å². The molecule has 0 amide bonds. The Morgan fingerprint density at radius 1 is 0.417 bits per heavy atom. The fraction of sp³-hybridized carbons (Fsp3) is 0. The lowest BCUT2D eigenvalue weighted by atomic mass is 9.90. The summed E-state index contributed by atoms with van der Waals surface area (Å²) in [7, 11) is 0. The molecular formula is C40H22N8. The molecule has 0 radical (unpaired) electrons. The average molecular weight is 615 g/mol. The lowest BCUT2D eigenvalue weighted by molar-refractivity contribution is 0.823. The SMILES string of the molecule is N#Cc1c2ccccc2c(-c2ccc(-c3c4ccccc4c(C#N)c4c3nnn4-c3ccccc3)cc2)c2nnn(-c3ccccc3)c12. The number of hydrogen-bond donors (Lipinski definition) is 0. The zero-order chi connectivity index (χ0) is 32.2. The van der Waals surface area contributed by atoms with Gasteiger partial charge in [0.2, 0.25) is 0 Å². The van der Waals surface area contributed by atoms with Crippen molar-refractivity contribution in [1.82, 2.24) is 30.0 Å². The van der Waals surface area contributed by atoms with E-state index in [4.69, 9.17) is 0 Å². The Morgan fingerprint density at radius 2 is 0.771 bits per heavy atom. The minimum atomic E-state index is 0.530. The standard InChI is InChI=1S/C40H22N8/c41-23-33-29-15-7-9-17-31(29)35(37-39(33)47(45-43-37)27-11-3-1-4-12-27)25-19-21-26(22-20-25)36-32-18-10-8-16-30(32)34(24-42)40-38(36)44-46-48(40)28-13-5-2-6-14-28/h1-22H. The maximum atomic E-state index is 10.4. The zero-order valence-electron chi connectivity index (χ0n) is 25.3. The normalized spacial score (nSPS) is 11.3. The Kier molecular flexibility index (Phi) is 6.07. The lowest BCUT2D eigenvalue weighted by Gasteiger charge is -2.14. The van der Waals surface area contributed by atoms with Crippen LogP contribution < -0.4 is 0 Å². The maximum Gasteiger partial charge on any atom is 0.123 e. The first kappa shape index (κ1) is 27.2. The zero-order valence-corrected chi connectivity index (χ0v) is 25.3. The molecule has 0 atom stereocenters. The molecule has 0 saturated heterocycles. The van der Waals surface area contributed by atoms with Crippen LogP contribution in [0.4, 0.5) is 0 Å². The lowest BCUT2D eigenvalue weighted by Crippen LogP contribution is -1.99. The van der Waals surface area contributed by atoms with Gasteiger partial charge in [0.15, 0.2) is 0 Å². The van der Waals surface area contributed by atoms with Crippen LogP contribution in [0.5, 0.6) is 0 Å². The van der Waals surface area contributed by atoms with Gasteiger partial charge in [-0.15, -0.1) is 10.2 Å². The van der Waals surface area contributed by atoms with Crippen molar-refractivity contribution in [2.24, 2.45) is 0 Å². The van der Waals surface area contributed by atoms with Gasteiger partial charge >= 0.3 is 0 Å². The fourth-order valence-corrected chi connectivity index (χ4v) is 6.81. The molecule has 0 saturated carbocycles. The van der Waals surface area contributed by atoms with Crippen molar-refractivity contribution >= 4 is 43.6 Å². The van der Waals surface area contributed by atoms with Crippen LogP contribution in [-0.4, -0.2) is 30.0 Å². The summed E-state index contributed by atoms with van der Waals surface area (Å²) in [6.45, 7) is 0. The van der Waals surface area contributed by atoms with Gasteiger partial charge in [0.1, 0.15) is 34.2 Å². The van der Waals surface area contributed by atoms with Crippen molar-refractivity contribution in [1.29, 1.82) is 10.5 Å². The summed E-state index contributed by atoms with van der Waals surface area (Å²) < 4.78 is 3.49. The molecule has 2 heterocycles. The Morgan fingerprint density at radius 3 is 1.15 bits per heavy atom. The van der Waals surface area contributed by atoms with E-state index < -0.39 is 0 Å². The van der Waals surface area contributed by atoms with Crippen molar-refractivity contribution in [2.45, 2.75) is 0 Å². The van der Waals surface area contributed by atoms with Crippen molar-refractivity contribution in [3.63, 3.8) is 0 Å². The smallest absolute Gasteiger partial charge is 0.123 e. The van der Waals surface area contributed by atoms with Crippen LogP contribution in [0.15, 0.2) is 133 Å². The van der Waals surface area contributed by atoms with Gasteiger partial charge in [-0.1, -0.05) is 120 Å². The van der Waals surface area contributed by atoms with Crippen molar-refractivity contribution in [2.75, 3.05) is 0 Å². The molecule has 9 aromatic rings. The molecule has 9 rings (SSSR count). The van der Waals surface area contributed by atoms with Crippen LogP contribution >= 0.6 is 0 Å². The Bertz CT molecular complexity index is 2590. The van der Waals surface area contributed by atoms with Gasteiger partial charge < -0.3 is 0 Å². The molecule has 7 aromatic carbocycles. The van der Waals surface area contributed by atoms with Crippen LogP contribution in [0.1, 0.15) is 11.1 Å². The van der Waals surface area contributed by atoms with Crippen LogP contribution in [0.2, 0.25) is 0 Å². The van der Waals surface area contributed by atoms with Crippen LogP contribution in [0, 0.1) is 22.7 Å². The summed E-state index contributed by atoms with van der Waals surface area (Å²) in [6.07, 6.45) is 0. The number of hydrogen-bond acceptors (Lipinski definition) is 6. The molecule has 0 fully saturated rings. The topological polar surface area (TPSA) is 109 Å². The van der Waals surface area contributed by atoms with E-state index in [2.05, 4.69) is 57.0 Å². The predicted octanol–water partition coefficient (Wildman–Crippen LogP) is 8.54. The molecule has 0 aliphatic carbocycles. The van der Waals surface area contributed by atoms with Crippen LogP contribution in [0.3, 0.4) is 0 Å². The minimum absolute atomic E-state index is 0.530. The predicted molar refractivity (Wildman–Crippen MR) is 187 cm³/mol. The Balaban J connectivity index is 1.29. The largest absolute Gasteiger partial charge is 0.211 e. The van der Waals surface area contributed by atoms with Gasteiger partial charge in [-0.25, -0.2) is 9.36 Å². The van der Waals surface area contributed by atoms with Crippen molar-refractivity contribution in [3.05, 3.63) is 145 Å². The summed E-state index contributed by atoms with van der Waals surface area (Å²) in [5, 5.41) is 42.7. The number of aromatic nitrogens is 6. The highest BCUT2D eigenvalue weighted by Gasteiger charge is 2.24. The monoisotopic (exact) mass is 614 g/mol. The summed E-state index contributed by atoms with van der Waals surface area (Å²) >= 11 is 0. The second-order valence-electron chi connectivity index (χ2n) is 11.5. The quantitative estimate of drug-likeness (QED) is 0.197. The fourth-order valence-electron chi connectivity index (χ4n) is 6.81. The summed E-state index contributed by atoms with van der Waals surface area (Å²) in [6, 6.07) is 48.5. The number of para-hydroxylation sites is 2. The number of nitriles is 2. The second kappa shape index (κ2) is 10.7. The third kappa shape index (κ3) is 3.94. The molecular weight excluding hydrogens is 592 g/mol. The molecule has 0 aliphatic heterocycles. The van der Waals surface area contributed by atoms with Crippen molar-refractivity contribution < 1.29 is 0 Å². The van der Waals surface area contributed by atoms with E-state index in [9.17, 15) is 10.5 Å². The van der Waals surface area contributed by atoms with Gasteiger partial charge in [0.25, 0.3) is 0 Å².